The van der Waals surface area contributed by atoms with Crippen LogP contribution in [-0.2, 0) is 4.79 Å². The molecule has 3 atom stereocenters. The molecule has 6 heteroatoms. The number of amides is 1. The standard InChI is InChI=1S/C21H25FN4O/c1-14-18(12-23-25-14)21(27)26-11-3-4-16(13-26)20-6-2-5-19(24-20)15-7-9-17(22)10-8-15/h2,5-10,14,16,18,23,25H,3-4,11-13H2,1H3. The Morgan fingerprint density at radius 2 is 2.04 bits per heavy atom. The summed E-state index contributed by atoms with van der Waals surface area (Å²) in [6.07, 6.45) is 2.02. The first-order valence-corrected chi connectivity index (χ1v) is 9.62. The van der Waals surface area contributed by atoms with Crippen LogP contribution in [0.3, 0.4) is 0 Å². The van der Waals surface area contributed by atoms with Crippen molar-refractivity contribution in [3.8, 4) is 11.3 Å². The summed E-state index contributed by atoms with van der Waals surface area (Å²) in [5.41, 5.74) is 8.95. The summed E-state index contributed by atoms with van der Waals surface area (Å²) in [7, 11) is 0. The molecule has 3 unspecified atom stereocenters. The molecule has 0 bridgehead atoms. The lowest BCUT2D eigenvalue weighted by molar-refractivity contribution is -0.136. The number of likely N-dealkylation sites (tertiary alicyclic amines) is 1. The fourth-order valence-corrected chi connectivity index (χ4v) is 4.02. The van der Waals surface area contributed by atoms with E-state index in [0.717, 1.165) is 36.3 Å². The van der Waals surface area contributed by atoms with Crippen molar-refractivity contribution in [2.75, 3.05) is 19.6 Å². The van der Waals surface area contributed by atoms with E-state index in [0.29, 0.717) is 13.1 Å². The Hall–Kier alpha value is -2.31. The van der Waals surface area contributed by atoms with Gasteiger partial charge >= 0.3 is 0 Å². The van der Waals surface area contributed by atoms with Gasteiger partial charge in [-0.1, -0.05) is 6.07 Å². The van der Waals surface area contributed by atoms with Gasteiger partial charge in [0.1, 0.15) is 5.82 Å². The quantitative estimate of drug-likeness (QED) is 0.875. The number of aromatic nitrogens is 1. The first kappa shape index (κ1) is 18.1. The molecule has 5 nitrogen and oxygen atoms in total. The van der Waals surface area contributed by atoms with Crippen molar-refractivity contribution in [1.82, 2.24) is 20.7 Å². The summed E-state index contributed by atoms with van der Waals surface area (Å²) in [5.74, 6) is 0.198. The SMILES string of the molecule is CC1NNCC1C(=O)N1CCCC(c2cccc(-c3ccc(F)cc3)n2)C1. The molecule has 2 aliphatic rings. The van der Waals surface area contributed by atoms with Crippen LogP contribution in [0.4, 0.5) is 4.39 Å². The van der Waals surface area contributed by atoms with E-state index in [1.165, 1.54) is 12.1 Å². The lowest BCUT2D eigenvalue weighted by Gasteiger charge is -2.34. The zero-order valence-corrected chi connectivity index (χ0v) is 15.5. The van der Waals surface area contributed by atoms with E-state index in [1.807, 2.05) is 30.0 Å². The second kappa shape index (κ2) is 7.74. The molecule has 1 amide bonds. The van der Waals surface area contributed by atoms with Gasteiger partial charge in [-0.15, -0.1) is 0 Å². The molecule has 142 valence electrons. The van der Waals surface area contributed by atoms with Crippen LogP contribution >= 0.6 is 0 Å². The third-order valence-corrected chi connectivity index (χ3v) is 5.63. The summed E-state index contributed by atoms with van der Waals surface area (Å²) in [4.78, 5) is 19.7. The minimum absolute atomic E-state index is 0.0118. The van der Waals surface area contributed by atoms with Gasteiger partial charge in [0, 0.05) is 42.9 Å². The van der Waals surface area contributed by atoms with Crippen LogP contribution in [0.1, 0.15) is 31.4 Å². The van der Waals surface area contributed by atoms with Gasteiger partial charge in [0.25, 0.3) is 0 Å². The van der Waals surface area contributed by atoms with Crippen LogP contribution in [0, 0.1) is 11.7 Å². The molecular formula is C21H25FN4O. The molecule has 4 rings (SSSR count). The number of nitrogens with one attached hydrogen (secondary N) is 2. The number of pyridine rings is 1. The van der Waals surface area contributed by atoms with Crippen molar-refractivity contribution in [2.45, 2.75) is 31.7 Å². The largest absolute Gasteiger partial charge is 0.342 e. The second-order valence-electron chi connectivity index (χ2n) is 7.50. The molecule has 0 aliphatic carbocycles. The maximum Gasteiger partial charge on any atom is 0.228 e. The van der Waals surface area contributed by atoms with Crippen LogP contribution in [0.25, 0.3) is 11.3 Å². The zero-order valence-electron chi connectivity index (χ0n) is 15.5. The highest BCUT2D eigenvalue weighted by Crippen LogP contribution is 2.29. The number of carbonyl (C=O) groups is 1. The third kappa shape index (κ3) is 3.87. The molecule has 27 heavy (non-hydrogen) atoms. The fraction of sp³-hybridized carbons (Fsp3) is 0.429. The number of hydrazine groups is 1. The number of hydrogen-bond donors (Lipinski definition) is 2. The molecule has 0 radical (unpaired) electrons. The Kier molecular flexibility index (Phi) is 5.18. The van der Waals surface area contributed by atoms with E-state index in [1.54, 1.807) is 12.1 Å². The van der Waals surface area contributed by atoms with Crippen LogP contribution in [-0.4, -0.2) is 41.5 Å². The molecule has 2 N–H and O–H groups in total. The average molecular weight is 368 g/mol. The van der Waals surface area contributed by atoms with Crippen LogP contribution in [0.5, 0.6) is 0 Å². The van der Waals surface area contributed by atoms with Gasteiger partial charge in [0.15, 0.2) is 0 Å². The summed E-state index contributed by atoms with van der Waals surface area (Å²) < 4.78 is 13.2. The molecule has 2 aromatic rings. The van der Waals surface area contributed by atoms with Crippen molar-refractivity contribution < 1.29 is 9.18 Å². The molecule has 0 saturated carbocycles. The number of benzene rings is 1. The predicted molar refractivity (Wildman–Crippen MR) is 102 cm³/mol. The van der Waals surface area contributed by atoms with Crippen molar-refractivity contribution >= 4 is 5.91 Å². The third-order valence-electron chi connectivity index (χ3n) is 5.63. The number of piperidine rings is 1. The lowest BCUT2D eigenvalue weighted by Crippen LogP contribution is -2.45. The van der Waals surface area contributed by atoms with Gasteiger partial charge in [0.05, 0.1) is 11.6 Å². The highest BCUT2D eigenvalue weighted by molar-refractivity contribution is 5.80. The summed E-state index contributed by atoms with van der Waals surface area (Å²) in [6, 6.07) is 12.5. The van der Waals surface area contributed by atoms with Crippen molar-refractivity contribution in [3.05, 3.63) is 54.0 Å². The van der Waals surface area contributed by atoms with Gasteiger partial charge in [-0.05, 0) is 56.2 Å². The maximum absolute atomic E-state index is 13.2. The fourth-order valence-electron chi connectivity index (χ4n) is 4.02. The lowest BCUT2D eigenvalue weighted by atomic mass is 9.92. The minimum atomic E-state index is -0.249. The topological polar surface area (TPSA) is 57.3 Å². The van der Waals surface area contributed by atoms with Gasteiger partial charge in [-0.2, -0.15) is 0 Å². The number of hydrogen-bond acceptors (Lipinski definition) is 4. The molecule has 1 aromatic heterocycles. The monoisotopic (exact) mass is 368 g/mol. The highest BCUT2D eigenvalue weighted by Gasteiger charge is 2.35. The molecular weight excluding hydrogens is 343 g/mol. The maximum atomic E-state index is 13.2. The molecule has 2 aliphatic heterocycles. The number of rotatable bonds is 3. The molecule has 2 fully saturated rings. The summed E-state index contributed by atoms with van der Waals surface area (Å²) in [6.45, 7) is 4.25. The van der Waals surface area contributed by atoms with Crippen LogP contribution < -0.4 is 10.9 Å². The Balaban J connectivity index is 1.50. The van der Waals surface area contributed by atoms with Crippen molar-refractivity contribution in [2.24, 2.45) is 5.92 Å². The molecule has 2 saturated heterocycles. The average Bonchev–Trinajstić information content (AvgIpc) is 3.14. The highest BCUT2D eigenvalue weighted by atomic mass is 19.1. The Bertz CT molecular complexity index is 810. The zero-order chi connectivity index (χ0) is 18.8. The van der Waals surface area contributed by atoms with Gasteiger partial charge in [-0.3, -0.25) is 20.6 Å². The Morgan fingerprint density at radius 1 is 1.22 bits per heavy atom. The molecule has 3 heterocycles. The van der Waals surface area contributed by atoms with Crippen LogP contribution in [0.2, 0.25) is 0 Å². The van der Waals surface area contributed by atoms with E-state index in [2.05, 4.69) is 10.9 Å². The van der Waals surface area contributed by atoms with Gasteiger partial charge in [-0.25, -0.2) is 4.39 Å². The number of halogens is 1. The van der Waals surface area contributed by atoms with Crippen LogP contribution in [0.15, 0.2) is 42.5 Å². The molecule has 0 spiro atoms. The number of nitrogens with zero attached hydrogens (tertiary/aromatic N) is 2. The summed E-state index contributed by atoms with van der Waals surface area (Å²) in [5, 5.41) is 0. The normalized spacial score (nSPS) is 25.6. The van der Waals surface area contributed by atoms with E-state index < -0.39 is 0 Å². The first-order valence-electron chi connectivity index (χ1n) is 9.62. The smallest absolute Gasteiger partial charge is 0.228 e. The first-order chi connectivity index (χ1) is 13.1. The van der Waals surface area contributed by atoms with Gasteiger partial charge in [0.2, 0.25) is 5.91 Å². The van der Waals surface area contributed by atoms with Crippen molar-refractivity contribution in [1.29, 1.82) is 0 Å². The minimum Gasteiger partial charge on any atom is -0.342 e. The van der Waals surface area contributed by atoms with E-state index in [9.17, 15) is 9.18 Å². The van der Waals surface area contributed by atoms with Crippen molar-refractivity contribution in [3.63, 3.8) is 0 Å². The Labute approximate surface area is 159 Å². The summed E-state index contributed by atoms with van der Waals surface area (Å²) >= 11 is 0. The molecule has 1 aromatic carbocycles. The second-order valence-corrected chi connectivity index (χ2v) is 7.50. The van der Waals surface area contributed by atoms with E-state index in [4.69, 9.17) is 4.98 Å². The number of carbonyl (C=O) groups excluding carboxylic acids is 1. The van der Waals surface area contributed by atoms with Gasteiger partial charge < -0.3 is 4.90 Å². The Morgan fingerprint density at radius 3 is 2.78 bits per heavy atom. The van der Waals surface area contributed by atoms with E-state index >= 15 is 0 Å². The predicted octanol–water partition coefficient (Wildman–Crippen LogP) is 2.71. The van der Waals surface area contributed by atoms with E-state index in [-0.39, 0.29) is 29.6 Å².